The van der Waals surface area contributed by atoms with E-state index in [-0.39, 0.29) is 5.78 Å². The minimum absolute atomic E-state index is 0.0469. The summed E-state index contributed by atoms with van der Waals surface area (Å²) in [4.78, 5) is 13.3. The van der Waals surface area contributed by atoms with Crippen molar-refractivity contribution in [1.29, 1.82) is 0 Å². The minimum Gasteiger partial charge on any atom is -0.289 e. The van der Waals surface area contributed by atoms with Crippen LogP contribution in [-0.4, -0.2) is 5.78 Å². The van der Waals surface area contributed by atoms with E-state index in [0.29, 0.717) is 10.6 Å². The van der Waals surface area contributed by atoms with Crippen molar-refractivity contribution < 1.29 is 4.79 Å². The number of hydrogen-bond acceptors (Lipinski definition) is 2. The number of thiophene rings is 1. The van der Waals surface area contributed by atoms with Crippen molar-refractivity contribution in [2.45, 2.75) is 6.92 Å². The van der Waals surface area contributed by atoms with Crippen LogP contribution >= 0.6 is 45.5 Å². The number of aryl methyl sites for hydroxylation is 1. The second-order valence-corrected chi connectivity index (χ2v) is 6.06. The topological polar surface area (TPSA) is 17.1 Å². The Hall–Kier alpha value is -0.390. The molecule has 0 saturated carbocycles. The second kappa shape index (κ2) is 4.85. The summed E-state index contributed by atoms with van der Waals surface area (Å²) in [5.41, 5.74) is 1.44. The predicted molar refractivity (Wildman–Crippen MR) is 76.7 cm³/mol. The van der Waals surface area contributed by atoms with E-state index in [9.17, 15) is 4.79 Å². The average molecular weight is 363 g/mol. The summed E-state index contributed by atoms with van der Waals surface area (Å²) in [6.07, 6.45) is 0. The van der Waals surface area contributed by atoms with E-state index in [0.717, 1.165) is 14.0 Å². The minimum atomic E-state index is 0.0469. The van der Waals surface area contributed by atoms with Crippen LogP contribution in [0.3, 0.4) is 0 Å². The van der Waals surface area contributed by atoms with Gasteiger partial charge in [-0.05, 0) is 59.2 Å². The van der Waals surface area contributed by atoms with Crippen LogP contribution in [0.2, 0.25) is 5.02 Å². The molecule has 1 aromatic heterocycles. The predicted octanol–water partition coefficient (Wildman–Crippen LogP) is 4.55. The number of halogens is 2. The van der Waals surface area contributed by atoms with Crippen LogP contribution in [0.1, 0.15) is 20.8 Å². The van der Waals surface area contributed by atoms with Crippen molar-refractivity contribution >= 4 is 51.3 Å². The van der Waals surface area contributed by atoms with Gasteiger partial charge < -0.3 is 0 Å². The maximum absolute atomic E-state index is 12.2. The number of hydrogen-bond donors (Lipinski definition) is 0. The number of ketones is 1. The monoisotopic (exact) mass is 362 g/mol. The van der Waals surface area contributed by atoms with Gasteiger partial charge in [0.25, 0.3) is 0 Å². The lowest BCUT2D eigenvalue weighted by Gasteiger charge is -2.03. The largest absolute Gasteiger partial charge is 0.289 e. The zero-order valence-corrected chi connectivity index (χ0v) is 12.2. The molecule has 1 nitrogen and oxygen atoms in total. The maximum atomic E-state index is 12.2. The van der Waals surface area contributed by atoms with Gasteiger partial charge in [0.15, 0.2) is 5.78 Å². The Morgan fingerprint density at radius 3 is 2.69 bits per heavy atom. The summed E-state index contributed by atoms with van der Waals surface area (Å²) in [5, 5.41) is 2.52. The smallest absolute Gasteiger partial charge is 0.195 e. The number of benzene rings is 1. The fourth-order valence-corrected chi connectivity index (χ4v) is 2.89. The van der Waals surface area contributed by atoms with Crippen LogP contribution in [0.5, 0.6) is 0 Å². The molecule has 0 spiro atoms. The Kier molecular flexibility index (Phi) is 3.66. The summed E-state index contributed by atoms with van der Waals surface area (Å²) in [6, 6.07) is 7.24. The van der Waals surface area contributed by atoms with Crippen LogP contribution in [-0.2, 0) is 0 Å². The number of rotatable bonds is 2. The lowest BCUT2D eigenvalue weighted by molar-refractivity contribution is 0.103. The Morgan fingerprint density at radius 1 is 1.31 bits per heavy atom. The van der Waals surface area contributed by atoms with E-state index in [2.05, 4.69) is 22.6 Å². The normalized spacial score (nSPS) is 10.4. The zero-order chi connectivity index (χ0) is 11.7. The molecule has 0 amide bonds. The van der Waals surface area contributed by atoms with Gasteiger partial charge >= 0.3 is 0 Å². The highest BCUT2D eigenvalue weighted by atomic mass is 127. The van der Waals surface area contributed by atoms with Gasteiger partial charge in [-0.15, -0.1) is 11.3 Å². The van der Waals surface area contributed by atoms with Crippen molar-refractivity contribution in [3.63, 3.8) is 0 Å². The second-order valence-electron chi connectivity index (χ2n) is 3.34. The SMILES string of the molecule is Cc1sccc1C(=O)c1cc(Cl)ccc1I. The molecule has 0 fully saturated rings. The number of carbonyl (C=O) groups excluding carboxylic acids is 1. The molecule has 4 heteroatoms. The molecule has 1 heterocycles. The fraction of sp³-hybridized carbons (Fsp3) is 0.0833. The molecular weight excluding hydrogens is 355 g/mol. The van der Waals surface area contributed by atoms with Gasteiger partial charge in [-0.3, -0.25) is 4.79 Å². The highest BCUT2D eigenvalue weighted by Gasteiger charge is 2.15. The van der Waals surface area contributed by atoms with E-state index < -0.39 is 0 Å². The van der Waals surface area contributed by atoms with Crippen LogP contribution in [0.4, 0.5) is 0 Å². The Balaban J connectivity index is 2.49. The fourth-order valence-electron chi connectivity index (χ4n) is 1.44. The molecule has 0 atom stereocenters. The van der Waals surface area contributed by atoms with Gasteiger partial charge in [0.2, 0.25) is 0 Å². The summed E-state index contributed by atoms with van der Waals surface area (Å²) in [6.45, 7) is 1.95. The molecule has 0 bridgehead atoms. The molecule has 0 N–H and O–H groups in total. The van der Waals surface area contributed by atoms with Crippen molar-refractivity contribution in [3.05, 3.63) is 54.2 Å². The van der Waals surface area contributed by atoms with Crippen LogP contribution in [0.25, 0.3) is 0 Å². The van der Waals surface area contributed by atoms with Crippen molar-refractivity contribution in [1.82, 2.24) is 0 Å². The summed E-state index contributed by atoms with van der Waals surface area (Å²) >= 11 is 9.64. The Labute approximate surface area is 117 Å². The van der Waals surface area contributed by atoms with Crippen molar-refractivity contribution in [2.75, 3.05) is 0 Å². The van der Waals surface area contributed by atoms with E-state index in [1.54, 1.807) is 23.5 Å². The van der Waals surface area contributed by atoms with Crippen molar-refractivity contribution in [2.24, 2.45) is 0 Å². The van der Waals surface area contributed by atoms with Crippen LogP contribution in [0, 0.1) is 10.5 Å². The molecule has 0 aliphatic heterocycles. The third kappa shape index (κ3) is 2.31. The third-order valence-corrected chi connectivity index (χ3v) is 4.30. The molecule has 0 aliphatic carbocycles. The standard InChI is InChI=1S/C12H8ClIOS/c1-7-9(4-5-16-7)12(15)10-6-8(13)2-3-11(10)14/h2-6H,1H3. The Bertz CT molecular complexity index is 548. The first-order valence-electron chi connectivity index (χ1n) is 4.63. The van der Waals surface area contributed by atoms with Gasteiger partial charge in [0.1, 0.15) is 0 Å². The highest BCUT2D eigenvalue weighted by Crippen LogP contribution is 2.24. The van der Waals surface area contributed by atoms with E-state index in [1.165, 1.54) is 0 Å². The van der Waals surface area contributed by atoms with Gasteiger partial charge in [-0.2, -0.15) is 0 Å². The molecule has 1 aromatic carbocycles. The van der Waals surface area contributed by atoms with Gasteiger partial charge in [-0.1, -0.05) is 11.6 Å². The summed E-state index contributed by atoms with van der Waals surface area (Å²) in [5.74, 6) is 0.0469. The molecule has 16 heavy (non-hydrogen) atoms. The maximum Gasteiger partial charge on any atom is 0.195 e. The van der Waals surface area contributed by atoms with E-state index >= 15 is 0 Å². The molecular formula is C12H8ClIOS. The van der Waals surface area contributed by atoms with Crippen LogP contribution < -0.4 is 0 Å². The Morgan fingerprint density at radius 2 is 2.06 bits per heavy atom. The van der Waals surface area contributed by atoms with Gasteiger partial charge in [0.05, 0.1) is 0 Å². The lowest BCUT2D eigenvalue weighted by atomic mass is 10.0. The molecule has 2 rings (SSSR count). The highest BCUT2D eigenvalue weighted by molar-refractivity contribution is 14.1. The molecule has 2 aromatic rings. The first kappa shape index (κ1) is 12.1. The summed E-state index contributed by atoms with van der Waals surface area (Å²) < 4.78 is 0.928. The van der Waals surface area contributed by atoms with Gasteiger partial charge in [-0.25, -0.2) is 0 Å². The molecule has 82 valence electrons. The first-order chi connectivity index (χ1) is 7.59. The molecule has 0 saturated heterocycles. The molecule has 0 aliphatic rings. The third-order valence-electron chi connectivity index (χ3n) is 2.28. The average Bonchev–Trinajstić information content (AvgIpc) is 2.67. The number of carbonyl (C=O) groups is 1. The van der Waals surface area contributed by atoms with E-state index in [4.69, 9.17) is 11.6 Å². The van der Waals surface area contributed by atoms with Crippen LogP contribution in [0.15, 0.2) is 29.6 Å². The van der Waals surface area contributed by atoms with Crippen molar-refractivity contribution in [3.8, 4) is 0 Å². The first-order valence-corrected chi connectivity index (χ1v) is 6.97. The lowest BCUT2D eigenvalue weighted by Crippen LogP contribution is -2.03. The molecule has 0 unspecified atom stereocenters. The molecule has 0 radical (unpaired) electrons. The van der Waals surface area contributed by atoms with Gasteiger partial charge in [0, 0.05) is 24.6 Å². The summed E-state index contributed by atoms with van der Waals surface area (Å²) in [7, 11) is 0. The van der Waals surface area contributed by atoms with E-state index in [1.807, 2.05) is 24.4 Å². The quantitative estimate of drug-likeness (QED) is 0.566. The zero-order valence-electron chi connectivity index (χ0n) is 8.46.